The highest BCUT2D eigenvalue weighted by Gasteiger charge is 2.16. The van der Waals surface area contributed by atoms with Crippen molar-refractivity contribution >= 4 is 17.9 Å². The number of ether oxygens (including phenoxy) is 1. The summed E-state index contributed by atoms with van der Waals surface area (Å²) in [7, 11) is 2.98. The molecule has 1 atom stereocenters. The van der Waals surface area contributed by atoms with Crippen LogP contribution in [0.25, 0.3) is 0 Å². The van der Waals surface area contributed by atoms with Crippen molar-refractivity contribution in [1.29, 1.82) is 0 Å². The molecule has 0 aromatic rings. The number of rotatable bonds is 8. The Labute approximate surface area is 112 Å². The molecule has 0 spiro atoms. The Morgan fingerprint density at radius 3 is 2.53 bits per heavy atom. The Morgan fingerprint density at radius 1 is 1.37 bits per heavy atom. The average Bonchev–Trinajstić information content (AvgIpc) is 2.27. The van der Waals surface area contributed by atoms with Gasteiger partial charge in [0, 0.05) is 26.7 Å². The Balaban J connectivity index is 3.98. The van der Waals surface area contributed by atoms with Crippen molar-refractivity contribution in [2.24, 2.45) is 0 Å². The number of amides is 3. The fraction of sp³-hybridized carbons (Fsp3) is 0.727. The third-order valence-electron chi connectivity index (χ3n) is 2.21. The zero-order valence-corrected chi connectivity index (χ0v) is 11.4. The number of hydrogen-bond acceptors (Lipinski definition) is 4. The molecule has 8 heteroatoms. The second kappa shape index (κ2) is 9.15. The predicted molar refractivity (Wildman–Crippen MR) is 67.8 cm³/mol. The van der Waals surface area contributed by atoms with Gasteiger partial charge in [0.15, 0.2) is 0 Å². The highest BCUT2D eigenvalue weighted by Crippen LogP contribution is 1.93. The summed E-state index contributed by atoms with van der Waals surface area (Å²) in [5, 5.41) is 13.6. The maximum atomic E-state index is 11.6. The van der Waals surface area contributed by atoms with Gasteiger partial charge < -0.3 is 25.4 Å². The van der Waals surface area contributed by atoms with Crippen LogP contribution in [-0.2, 0) is 14.3 Å². The number of nitrogens with zero attached hydrogens (tertiary/aromatic N) is 1. The van der Waals surface area contributed by atoms with E-state index in [0.717, 1.165) is 0 Å². The molecule has 0 heterocycles. The molecule has 0 aliphatic carbocycles. The summed E-state index contributed by atoms with van der Waals surface area (Å²) >= 11 is 0. The third kappa shape index (κ3) is 8.83. The molecule has 1 unspecified atom stereocenters. The van der Waals surface area contributed by atoms with Gasteiger partial charge >= 0.3 is 12.0 Å². The number of hydrogen-bond donors (Lipinski definition) is 3. The molecule has 8 nitrogen and oxygen atoms in total. The number of carbonyl (C=O) groups is 3. The Bertz CT molecular complexity index is 321. The van der Waals surface area contributed by atoms with Gasteiger partial charge in [0.2, 0.25) is 5.91 Å². The zero-order chi connectivity index (χ0) is 14.8. The lowest BCUT2D eigenvalue weighted by atomic mass is 10.2. The molecule has 0 aliphatic rings. The number of carboxylic acids is 1. The summed E-state index contributed by atoms with van der Waals surface area (Å²) in [6, 6.07) is -0.986. The van der Waals surface area contributed by atoms with Crippen molar-refractivity contribution in [2.75, 3.05) is 33.9 Å². The number of carboxylic acid groups (broad SMARTS) is 1. The topological polar surface area (TPSA) is 108 Å². The van der Waals surface area contributed by atoms with E-state index in [1.807, 2.05) is 0 Å². The van der Waals surface area contributed by atoms with Gasteiger partial charge in [-0.1, -0.05) is 0 Å². The number of nitrogens with one attached hydrogen (secondary N) is 2. The molecule has 3 N–H and O–H groups in total. The average molecular weight is 275 g/mol. The monoisotopic (exact) mass is 275 g/mol. The van der Waals surface area contributed by atoms with Crippen LogP contribution in [0.1, 0.15) is 13.3 Å². The molecule has 0 fully saturated rings. The van der Waals surface area contributed by atoms with Crippen LogP contribution in [0.4, 0.5) is 4.79 Å². The van der Waals surface area contributed by atoms with Crippen molar-refractivity contribution in [3.8, 4) is 0 Å². The maximum Gasteiger partial charge on any atom is 0.317 e. The van der Waals surface area contributed by atoms with Crippen molar-refractivity contribution < 1.29 is 24.2 Å². The molecule has 0 radical (unpaired) electrons. The van der Waals surface area contributed by atoms with Gasteiger partial charge in [0.1, 0.15) is 6.54 Å². The summed E-state index contributed by atoms with van der Waals surface area (Å²) in [6.45, 7) is 2.26. The molecule has 19 heavy (non-hydrogen) atoms. The molecule has 0 aromatic carbocycles. The summed E-state index contributed by atoms with van der Waals surface area (Å²) in [4.78, 5) is 34.7. The van der Waals surface area contributed by atoms with Crippen LogP contribution in [0.3, 0.4) is 0 Å². The Hall–Kier alpha value is -1.83. The quantitative estimate of drug-likeness (QED) is 0.505. The van der Waals surface area contributed by atoms with Gasteiger partial charge in [-0.15, -0.1) is 0 Å². The van der Waals surface area contributed by atoms with Gasteiger partial charge in [0.05, 0.1) is 13.0 Å². The highest BCUT2D eigenvalue weighted by atomic mass is 16.5. The lowest BCUT2D eigenvalue weighted by Gasteiger charge is -2.20. The molecule has 0 aliphatic heterocycles. The van der Waals surface area contributed by atoms with E-state index >= 15 is 0 Å². The van der Waals surface area contributed by atoms with Gasteiger partial charge in [0.25, 0.3) is 0 Å². The van der Waals surface area contributed by atoms with Crippen molar-refractivity contribution in [2.45, 2.75) is 19.4 Å². The zero-order valence-electron chi connectivity index (χ0n) is 11.4. The standard InChI is InChI=1S/C11H21N3O5/c1-8(6-10(16)17)13-11(18)14(2)7-9(15)12-4-5-19-3/h8H,4-7H2,1-3H3,(H,12,15)(H,13,18)(H,16,17). The summed E-state index contributed by atoms with van der Waals surface area (Å²) < 4.78 is 4.77. The first kappa shape index (κ1) is 17.2. The molecular weight excluding hydrogens is 254 g/mol. The van der Waals surface area contributed by atoms with Crippen molar-refractivity contribution in [1.82, 2.24) is 15.5 Å². The number of urea groups is 1. The molecule has 0 bridgehead atoms. The predicted octanol–water partition coefficient (Wildman–Crippen LogP) is -0.746. The van der Waals surface area contributed by atoms with Crippen LogP contribution in [-0.4, -0.2) is 67.8 Å². The number of aliphatic carboxylic acids is 1. The van der Waals surface area contributed by atoms with E-state index in [2.05, 4.69) is 10.6 Å². The van der Waals surface area contributed by atoms with Crippen LogP contribution in [0.15, 0.2) is 0 Å². The van der Waals surface area contributed by atoms with E-state index in [1.165, 1.54) is 19.1 Å². The van der Waals surface area contributed by atoms with Crippen molar-refractivity contribution in [3.63, 3.8) is 0 Å². The first-order valence-electron chi connectivity index (χ1n) is 5.85. The minimum absolute atomic E-state index is 0.102. The number of methoxy groups -OCH3 is 1. The molecule has 0 saturated heterocycles. The van der Waals surface area contributed by atoms with Crippen LogP contribution >= 0.6 is 0 Å². The molecule has 0 saturated carbocycles. The molecule has 110 valence electrons. The molecule has 0 aromatic heterocycles. The van der Waals surface area contributed by atoms with E-state index in [4.69, 9.17) is 9.84 Å². The summed E-state index contributed by atoms with van der Waals surface area (Å²) in [5.74, 6) is -1.30. The first-order chi connectivity index (χ1) is 8.86. The van der Waals surface area contributed by atoms with Crippen LogP contribution in [0.2, 0.25) is 0 Å². The minimum Gasteiger partial charge on any atom is -0.481 e. The van der Waals surface area contributed by atoms with Gasteiger partial charge in [-0.2, -0.15) is 0 Å². The number of carbonyl (C=O) groups excluding carboxylic acids is 2. The molecule has 0 rings (SSSR count). The van der Waals surface area contributed by atoms with Crippen molar-refractivity contribution in [3.05, 3.63) is 0 Å². The van der Waals surface area contributed by atoms with Gasteiger partial charge in [-0.25, -0.2) is 4.79 Å². The van der Waals surface area contributed by atoms with E-state index in [9.17, 15) is 14.4 Å². The fourth-order valence-electron chi connectivity index (χ4n) is 1.27. The fourth-order valence-corrected chi connectivity index (χ4v) is 1.27. The van der Waals surface area contributed by atoms with Gasteiger partial charge in [-0.05, 0) is 6.92 Å². The van der Waals surface area contributed by atoms with Crippen LogP contribution in [0, 0.1) is 0 Å². The smallest absolute Gasteiger partial charge is 0.317 e. The SMILES string of the molecule is COCCNC(=O)CN(C)C(=O)NC(C)CC(=O)O. The Morgan fingerprint density at radius 2 is 2.00 bits per heavy atom. The van der Waals surface area contributed by atoms with E-state index in [-0.39, 0.29) is 18.9 Å². The number of likely N-dealkylation sites (N-methyl/N-ethyl adjacent to an activating group) is 1. The molecule has 3 amide bonds. The third-order valence-corrected chi connectivity index (χ3v) is 2.21. The highest BCUT2D eigenvalue weighted by molar-refractivity contribution is 5.84. The second-order valence-electron chi connectivity index (χ2n) is 4.15. The largest absolute Gasteiger partial charge is 0.481 e. The van der Waals surface area contributed by atoms with Crippen LogP contribution in [0.5, 0.6) is 0 Å². The molecular formula is C11H21N3O5. The van der Waals surface area contributed by atoms with Gasteiger partial charge in [-0.3, -0.25) is 9.59 Å². The van der Waals surface area contributed by atoms with E-state index in [0.29, 0.717) is 13.2 Å². The first-order valence-corrected chi connectivity index (χ1v) is 5.85. The second-order valence-corrected chi connectivity index (χ2v) is 4.15. The summed E-state index contributed by atoms with van der Waals surface area (Å²) in [5.41, 5.74) is 0. The lowest BCUT2D eigenvalue weighted by molar-refractivity contribution is -0.137. The van der Waals surface area contributed by atoms with E-state index in [1.54, 1.807) is 6.92 Å². The Kier molecular flexibility index (Phi) is 8.27. The van der Waals surface area contributed by atoms with Crippen LogP contribution < -0.4 is 10.6 Å². The van der Waals surface area contributed by atoms with E-state index < -0.39 is 18.0 Å². The lowest BCUT2D eigenvalue weighted by Crippen LogP contribution is -2.46. The normalized spacial score (nSPS) is 11.5. The summed E-state index contributed by atoms with van der Waals surface area (Å²) in [6.07, 6.45) is -0.167. The minimum atomic E-state index is -0.993. The maximum absolute atomic E-state index is 11.6.